The first kappa shape index (κ1) is 24.3. The van der Waals surface area contributed by atoms with Crippen LogP contribution in [0.5, 0.6) is 0 Å². The van der Waals surface area contributed by atoms with Crippen molar-refractivity contribution in [3.8, 4) is 0 Å². The van der Waals surface area contributed by atoms with E-state index in [9.17, 15) is 14.4 Å². The second-order valence-electron chi connectivity index (χ2n) is 6.21. The van der Waals surface area contributed by atoms with Gasteiger partial charge >= 0.3 is 11.9 Å². The Balaban J connectivity index is 1.90. The predicted octanol–water partition coefficient (Wildman–Crippen LogP) is 3.13. The SMILES string of the molecule is CC(=O)ON=C(C)C(=O)c1ccc(Sc2ccc(C(=O)OCCOCCO)cc2)cc1. The maximum absolute atomic E-state index is 12.3. The van der Waals surface area contributed by atoms with Crippen molar-refractivity contribution in [1.29, 1.82) is 0 Å². The Morgan fingerprint density at radius 2 is 1.45 bits per heavy atom. The minimum absolute atomic E-state index is 0.0733. The lowest BCUT2D eigenvalue weighted by Gasteiger charge is -2.07. The van der Waals surface area contributed by atoms with Crippen molar-refractivity contribution in [2.75, 3.05) is 26.4 Å². The van der Waals surface area contributed by atoms with Crippen LogP contribution in [0.25, 0.3) is 0 Å². The molecule has 0 radical (unpaired) electrons. The highest BCUT2D eigenvalue weighted by molar-refractivity contribution is 7.99. The third-order valence-electron chi connectivity index (χ3n) is 3.78. The summed E-state index contributed by atoms with van der Waals surface area (Å²) in [7, 11) is 0. The Kier molecular flexibility index (Phi) is 9.89. The molecular formula is C22H23NO7S. The van der Waals surface area contributed by atoms with E-state index in [2.05, 4.69) is 9.99 Å². The molecule has 0 aliphatic heterocycles. The lowest BCUT2D eigenvalue weighted by atomic mass is 10.1. The van der Waals surface area contributed by atoms with Gasteiger partial charge in [-0.05, 0) is 55.5 Å². The van der Waals surface area contributed by atoms with Gasteiger partial charge in [-0.25, -0.2) is 9.59 Å². The highest BCUT2D eigenvalue weighted by Gasteiger charge is 2.11. The van der Waals surface area contributed by atoms with Crippen molar-refractivity contribution in [2.24, 2.45) is 5.16 Å². The van der Waals surface area contributed by atoms with E-state index in [-0.39, 0.29) is 37.9 Å². The molecule has 0 aromatic heterocycles. The number of Topliss-reactive ketones (excluding diaryl/α,β-unsaturated/α-hetero) is 1. The Morgan fingerprint density at radius 1 is 0.871 bits per heavy atom. The summed E-state index contributed by atoms with van der Waals surface area (Å²) in [5, 5.41) is 12.1. The van der Waals surface area contributed by atoms with Gasteiger partial charge in [0.25, 0.3) is 0 Å². The molecular weight excluding hydrogens is 422 g/mol. The highest BCUT2D eigenvalue weighted by Crippen LogP contribution is 2.28. The fraction of sp³-hybridized carbons (Fsp3) is 0.273. The zero-order chi connectivity index (χ0) is 22.6. The van der Waals surface area contributed by atoms with Crippen molar-refractivity contribution >= 4 is 35.2 Å². The van der Waals surface area contributed by atoms with Gasteiger partial charge in [0.15, 0.2) is 0 Å². The highest BCUT2D eigenvalue weighted by atomic mass is 32.2. The molecule has 0 bridgehead atoms. The van der Waals surface area contributed by atoms with Gasteiger partial charge in [0, 0.05) is 22.3 Å². The summed E-state index contributed by atoms with van der Waals surface area (Å²) in [6, 6.07) is 13.9. The Morgan fingerprint density at radius 3 is 2.00 bits per heavy atom. The molecule has 164 valence electrons. The van der Waals surface area contributed by atoms with Gasteiger partial charge in [-0.15, -0.1) is 0 Å². The molecule has 9 heteroatoms. The first-order valence-corrected chi connectivity index (χ1v) is 10.2. The fourth-order valence-electron chi connectivity index (χ4n) is 2.30. The summed E-state index contributed by atoms with van der Waals surface area (Å²) in [6.45, 7) is 3.16. The number of ether oxygens (including phenoxy) is 2. The van der Waals surface area contributed by atoms with E-state index in [1.807, 2.05) is 0 Å². The van der Waals surface area contributed by atoms with Crippen LogP contribution in [-0.4, -0.2) is 55.0 Å². The number of rotatable bonds is 11. The van der Waals surface area contributed by atoms with Crippen molar-refractivity contribution in [3.05, 3.63) is 59.7 Å². The number of carbonyl (C=O) groups is 3. The topological polar surface area (TPSA) is 111 Å². The normalized spacial score (nSPS) is 11.1. The zero-order valence-corrected chi connectivity index (χ0v) is 18.0. The maximum atomic E-state index is 12.3. The number of esters is 1. The minimum Gasteiger partial charge on any atom is -0.460 e. The molecule has 8 nitrogen and oxygen atoms in total. The number of ketones is 1. The molecule has 0 atom stereocenters. The van der Waals surface area contributed by atoms with Crippen LogP contribution >= 0.6 is 11.8 Å². The molecule has 0 amide bonds. The molecule has 0 fully saturated rings. The third-order valence-corrected chi connectivity index (χ3v) is 4.79. The average Bonchev–Trinajstić information content (AvgIpc) is 2.77. The number of hydrogen-bond acceptors (Lipinski definition) is 9. The zero-order valence-electron chi connectivity index (χ0n) is 17.2. The van der Waals surface area contributed by atoms with Crippen LogP contribution in [0.4, 0.5) is 0 Å². The van der Waals surface area contributed by atoms with Crippen molar-refractivity contribution < 1.29 is 33.8 Å². The van der Waals surface area contributed by atoms with Crippen molar-refractivity contribution in [3.63, 3.8) is 0 Å². The number of carbonyl (C=O) groups excluding carboxylic acids is 3. The molecule has 0 spiro atoms. The largest absolute Gasteiger partial charge is 0.460 e. The van der Waals surface area contributed by atoms with Gasteiger partial charge in [0.1, 0.15) is 12.3 Å². The number of aliphatic hydroxyl groups excluding tert-OH is 1. The first-order valence-electron chi connectivity index (χ1n) is 9.41. The van der Waals surface area contributed by atoms with Gasteiger partial charge in [-0.1, -0.05) is 16.9 Å². The molecule has 2 aromatic rings. The summed E-state index contributed by atoms with van der Waals surface area (Å²) in [6.07, 6.45) is 0. The van der Waals surface area contributed by atoms with Gasteiger partial charge in [-0.2, -0.15) is 0 Å². The summed E-state index contributed by atoms with van der Waals surface area (Å²) < 4.78 is 10.1. The van der Waals surface area contributed by atoms with E-state index in [0.717, 1.165) is 9.79 Å². The Bertz CT molecular complexity index is 924. The van der Waals surface area contributed by atoms with E-state index >= 15 is 0 Å². The second kappa shape index (κ2) is 12.6. The maximum Gasteiger partial charge on any atom is 0.338 e. The molecule has 0 aliphatic carbocycles. The molecule has 1 N–H and O–H groups in total. The predicted molar refractivity (Wildman–Crippen MR) is 114 cm³/mol. The minimum atomic E-state index is -0.592. The Labute approximate surface area is 184 Å². The van der Waals surface area contributed by atoms with E-state index in [1.54, 1.807) is 48.5 Å². The van der Waals surface area contributed by atoms with E-state index in [1.165, 1.54) is 25.6 Å². The molecule has 0 aliphatic rings. The monoisotopic (exact) mass is 445 g/mol. The summed E-state index contributed by atoms with van der Waals surface area (Å²) in [5.41, 5.74) is 0.937. The van der Waals surface area contributed by atoms with Crippen LogP contribution in [-0.2, 0) is 19.1 Å². The number of nitrogens with zero attached hydrogens (tertiary/aromatic N) is 1. The van der Waals surface area contributed by atoms with E-state index < -0.39 is 11.9 Å². The van der Waals surface area contributed by atoms with E-state index in [4.69, 9.17) is 14.6 Å². The van der Waals surface area contributed by atoms with Crippen LogP contribution in [0.2, 0.25) is 0 Å². The number of hydrogen-bond donors (Lipinski definition) is 1. The first-order chi connectivity index (χ1) is 14.9. The van der Waals surface area contributed by atoms with Crippen LogP contribution in [0.1, 0.15) is 34.6 Å². The summed E-state index contributed by atoms with van der Waals surface area (Å²) in [4.78, 5) is 41.3. The fourth-order valence-corrected chi connectivity index (χ4v) is 3.11. The second-order valence-corrected chi connectivity index (χ2v) is 7.36. The van der Waals surface area contributed by atoms with Gasteiger partial charge in [0.2, 0.25) is 5.78 Å². The Hall–Kier alpha value is -3.01. The smallest absolute Gasteiger partial charge is 0.338 e. The number of benzene rings is 2. The molecule has 0 saturated carbocycles. The summed E-state index contributed by atoms with van der Waals surface area (Å²) >= 11 is 1.47. The lowest BCUT2D eigenvalue weighted by molar-refractivity contribution is -0.140. The van der Waals surface area contributed by atoms with Gasteiger partial charge < -0.3 is 19.4 Å². The van der Waals surface area contributed by atoms with E-state index in [0.29, 0.717) is 11.1 Å². The van der Waals surface area contributed by atoms with Gasteiger partial charge in [-0.3, -0.25) is 4.79 Å². The molecule has 0 unspecified atom stereocenters. The molecule has 31 heavy (non-hydrogen) atoms. The van der Waals surface area contributed by atoms with Crippen LogP contribution < -0.4 is 0 Å². The van der Waals surface area contributed by atoms with Crippen LogP contribution in [0.3, 0.4) is 0 Å². The van der Waals surface area contributed by atoms with Crippen LogP contribution in [0, 0.1) is 0 Å². The lowest BCUT2D eigenvalue weighted by Crippen LogP contribution is -2.12. The van der Waals surface area contributed by atoms with Crippen molar-refractivity contribution in [2.45, 2.75) is 23.6 Å². The van der Waals surface area contributed by atoms with Crippen LogP contribution in [0.15, 0.2) is 63.5 Å². The quantitative estimate of drug-likeness (QED) is 0.140. The molecule has 0 heterocycles. The standard InChI is InChI=1S/C22H23NO7S/c1-15(23-30-16(2)25)21(26)17-3-7-19(8-4-17)31-20-9-5-18(6-10-20)22(27)29-14-13-28-12-11-24/h3-10,24H,11-14H2,1-2H3. The van der Waals surface area contributed by atoms with Crippen molar-refractivity contribution in [1.82, 2.24) is 0 Å². The molecule has 0 saturated heterocycles. The average molecular weight is 445 g/mol. The summed E-state index contributed by atoms with van der Waals surface area (Å²) in [5.74, 6) is -1.37. The number of aliphatic hydroxyl groups is 1. The molecule has 2 rings (SSSR count). The molecule has 2 aromatic carbocycles. The van der Waals surface area contributed by atoms with Gasteiger partial charge in [0.05, 0.1) is 25.4 Å². The number of oxime groups is 1. The third kappa shape index (κ3) is 8.33.